The lowest BCUT2D eigenvalue weighted by molar-refractivity contribution is 0.0585. The Morgan fingerprint density at radius 2 is 1.19 bits per heavy atom. The van der Waals surface area contributed by atoms with E-state index in [0.717, 1.165) is 11.1 Å². The summed E-state index contributed by atoms with van der Waals surface area (Å²) in [6.07, 6.45) is 6.53. The monoisotopic (exact) mass is 648 g/mol. The van der Waals surface area contributed by atoms with Gasteiger partial charge in [-0.3, -0.25) is 4.68 Å². The standard InChI is InChI=1S/2C17H16N4O3/c1-21-10-15(19-20-21)13-8-14(17(22)23-2)16(18-9-13)24-11-12-6-4-3-5-7-12;1-21-19-10-15(20-21)13-8-14(17(22)23-2)16(18-9-13)24-11-12-6-4-3-5-7-12/h2*3-10H,11H2,1-2H3. The summed E-state index contributed by atoms with van der Waals surface area (Å²) in [4.78, 5) is 34.0. The number of benzene rings is 2. The zero-order valence-electron chi connectivity index (χ0n) is 26.7. The summed E-state index contributed by atoms with van der Waals surface area (Å²) in [5.74, 6) is -0.593. The highest BCUT2D eigenvalue weighted by Crippen LogP contribution is 2.25. The minimum atomic E-state index is -0.517. The lowest BCUT2D eigenvalue weighted by Gasteiger charge is -2.10. The van der Waals surface area contributed by atoms with Crippen LogP contribution in [-0.4, -0.2) is 66.1 Å². The highest BCUT2D eigenvalue weighted by molar-refractivity contribution is 5.93. The van der Waals surface area contributed by atoms with Gasteiger partial charge in [0.25, 0.3) is 0 Å². The van der Waals surface area contributed by atoms with Gasteiger partial charge in [-0.25, -0.2) is 19.6 Å². The maximum Gasteiger partial charge on any atom is 0.343 e. The first-order chi connectivity index (χ1) is 23.3. The van der Waals surface area contributed by atoms with Gasteiger partial charge in [0.05, 0.1) is 26.6 Å². The van der Waals surface area contributed by atoms with Crippen molar-refractivity contribution in [2.45, 2.75) is 13.2 Å². The maximum absolute atomic E-state index is 12.1. The lowest BCUT2D eigenvalue weighted by Crippen LogP contribution is -2.08. The number of carbonyl (C=O) groups excluding carboxylic acids is 2. The number of aromatic nitrogens is 8. The number of esters is 2. The van der Waals surface area contributed by atoms with E-state index in [9.17, 15) is 9.59 Å². The predicted octanol–water partition coefficient (Wildman–Crippen LogP) is 4.49. The van der Waals surface area contributed by atoms with Crippen LogP contribution in [0.3, 0.4) is 0 Å². The Morgan fingerprint density at radius 3 is 1.60 bits per heavy atom. The largest absolute Gasteiger partial charge is 0.472 e. The molecule has 0 N–H and O–H groups in total. The molecule has 0 saturated carbocycles. The molecule has 0 fully saturated rings. The maximum atomic E-state index is 12.1. The fourth-order valence-corrected chi connectivity index (χ4v) is 4.34. The Balaban J connectivity index is 0.000000188. The van der Waals surface area contributed by atoms with Gasteiger partial charge in [0, 0.05) is 37.6 Å². The Kier molecular flexibility index (Phi) is 10.8. The van der Waals surface area contributed by atoms with Gasteiger partial charge in [-0.15, -0.1) is 5.10 Å². The first-order valence-corrected chi connectivity index (χ1v) is 14.6. The number of nitrogens with zero attached hydrogens (tertiary/aromatic N) is 8. The van der Waals surface area contributed by atoms with Gasteiger partial charge in [-0.1, -0.05) is 65.9 Å². The highest BCUT2D eigenvalue weighted by atomic mass is 16.5. The smallest absolute Gasteiger partial charge is 0.343 e. The Labute approximate surface area is 275 Å². The number of pyridine rings is 2. The first kappa shape index (κ1) is 32.9. The normalized spacial score (nSPS) is 10.4. The van der Waals surface area contributed by atoms with Crippen LogP contribution < -0.4 is 9.47 Å². The van der Waals surface area contributed by atoms with Gasteiger partial charge in [0.2, 0.25) is 11.8 Å². The molecule has 14 nitrogen and oxygen atoms in total. The first-order valence-electron chi connectivity index (χ1n) is 14.6. The molecule has 0 aliphatic carbocycles. The second kappa shape index (κ2) is 15.7. The van der Waals surface area contributed by atoms with Crippen molar-refractivity contribution in [3.63, 3.8) is 0 Å². The third-order valence-electron chi connectivity index (χ3n) is 6.74. The van der Waals surface area contributed by atoms with Crippen molar-refractivity contribution < 1.29 is 28.5 Å². The molecule has 0 unspecified atom stereocenters. The zero-order chi connectivity index (χ0) is 33.9. The number of rotatable bonds is 10. The van der Waals surface area contributed by atoms with Crippen LogP contribution in [0.15, 0.2) is 97.6 Å². The molecule has 0 atom stereocenters. The molecular formula is C34H32N8O6. The number of aryl methyl sites for hydroxylation is 2. The van der Waals surface area contributed by atoms with Crippen molar-refractivity contribution in [2.24, 2.45) is 14.1 Å². The number of carbonyl (C=O) groups is 2. The summed E-state index contributed by atoms with van der Waals surface area (Å²) >= 11 is 0. The summed E-state index contributed by atoms with van der Waals surface area (Å²) in [5.41, 5.74) is 5.01. The molecule has 0 aliphatic rings. The van der Waals surface area contributed by atoms with E-state index in [0.29, 0.717) is 35.7 Å². The molecule has 4 heterocycles. The number of ether oxygens (including phenoxy) is 4. The van der Waals surface area contributed by atoms with Crippen molar-refractivity contribution in [3.05, 3.63) is 120 Å². The van der Waals surface area contributed by atoms with E-state index in [1.807, 2.05) is 60.7 Å². The third kappa shape index (κ3) is 8.42. The van der Waals surface area contributed by atoms with E-state index in [2.05, 4.69) is 30.5 Å². The predicted molar refractivity (Wildman–Crippen MR) is 173 cm³/mol. The van der Waals surface area contributed by atoms with Crippen LogP contribution in [0.25, 0.3) is 22.5 Å². The fraction of sp³-hybridized carbons (Fsp3) is 0.176. The van der Waals surface area contributed by atoms with Crippen molar-refractivity contribution in [2.75, 3.05) is 14.2 Å². The second-order valence-corrected chi connectivity index (χ2v) is 10.2. The Morgan fingerprint density at radius 1 is 0.688 bits per heavy atom. The summed E-state index contributed by atoms with van der Waals surface area (Å²) in [7, 11) is 6.12. The van der Waals surface area contributed by atoms with Crippen LogP contribution in [0.2, 0.25) is 0 Å². The quantitative estimate of drug-likeness (QED) is 0.192. The van der Waals surface area contributed by atoms with E-state index < -0.39 is 11.9 Å². The van der Waals surface area contributed by atoms with Gasteiger partial charge in [0.1, 0.15) is 35.7 Å². The summed E-state index contributed by atoms with van der Waals surface area (Å²) in [6.45, 7) is 0.616. The minimum absolute atomic E-state index is 0.221. The molecule has 2 aromatic carbocycles. The van der Waals surface area contributed by atoms with Crippen molar-refractivity contribution in [3.8, 4) is 34.3 Å². The molecule has 6 rings (SSSR count). The molecule has 6 aromatic rings. The molecule has 0 aliphatic heterocycles. The number of hydrogen-bond acceptors (Lipinski definition) is 12. The van der Waals surface area contributed by atoms with Crippen molar-refractivity contribution in [1.82, 2.24) is 40.0 Å². The molecule has 244 valence electrons. The van der Waals surface area contributed by atoms with E-state index in [-0.39, 0.29) is 22.9 Å². The number of methoxy groups -OCH3 is 2. The molecule has 0 radical (unpaired) electrons. The minimum Gasteiger partial charge on any atom is -0.472 e. The van der Waals surface area contributed by atoms with Gasteiger partial charge < -0.3 is 18.9 Å². The van der Waals surface area contributed by atoms with Gasteiger partial charge in [-0.05, 0) is 23.3 Å². The fourth-order valence-electron chi connectivity index (χ4n) is 4.34. The molecular weight excluding hydrogens is 616 g/mol. The van der Waals surface area contributed by atoms with E-state index >= 15 is 0 Å². The Hall–Kier alpha value is -6.44. The molecule has 0 amide bonds. The van der Waals surface area contributed by atoms with Crippen molar-refractivity contribution >= 4 is 11.9 Å². The summed E-state index contributed by atoms with van der Waals surface area (Å²) in [5, 5.41) is 16.1. The summed E-state index contributed by atoms with van der Waals surface area (Å²) in [6, 6.07) is 22.6. The third-order valence-corrected chi connectivity index (χ3v) is 6.74. The molecule has 14 heteroatoms. The van der Waals surface area contributed by atoms with Gasteiger partial charge in [-0.2, -0.15) is 15.0 Å². The van der Waals surface area contributed by atoms with Crippen LogP contribution in [0, 0.1) is 0 Å². The second-order valence-electron chi connectivity index (χ2n) is 10.2. The average Bonchev–Trinajstić information content (AvgIpc) is 3.78. The van der Waals surface area contributed by atoms with Gasteiger partial charge in [0.15, 0.2) is 0 Å². The van der Waals surface area contributed by atoms with E-state index in [1.54, 1.807) is 55.7 Å². The lowest BCUT2D eigenvalue weighted by atomic mass is 10.1. The molecule has 0 saturated heterocycles. The summed E-state index contributed by atoms with van der Waals surface area (Å²) < 4.78 is 22.6. The SMILES string of the molecule is COC(=O)c1cc(-c2cn(C)nn2)cnc1OCc1ccccc1.COC(=O)c1cc(-c2cnn(C)n2)cnc1OCc1ccccc1. The van der Waals surface area contributed by atoms with E-state index in [4.69, 9.17) is 18.9 Å². The Bertz CT molecular complexity index is 1840. The molecule has 4 aromatic heterocycles. The zero-order valence-corrected chi connectivity index (χ0v) is 26.7. The molecule has 0 bridgehead atoms. The van der Waals surface area contributed by atoms with Crippen LogP contribution in [0.5, 0.6) is 11.8 Å². The average molecular weight is 649 g/mol. The van der Waals surface area contributed by atoms with E-state index in [1.165, 1.54) is 19.0 Å². The number of hydrogen-bond donors (Lipinski definition) is 0. The molecule has 48 heavy (non-hydrogen) atoms. The topological polar surface area (TPSA) is 158 Å². The van der Waals surface area contributed by atoms with Crippen LogP contribution >= 0.6 is 0 Å². The van der Waals surface area contributed by atoms with Crippen molar-refractivity contribution in [1.29, 1.82) is 0 Å². The highest BCUT2D eigenvalue weighted by Gasteiger charge is 2.19. The van der Waals surface area contributed by atoms with Crippen LogP contribution in [-0.2, 0) is 36.8 Å². The van der Waals surface area contributed by atoms with Gasteiger partial charge >= 0.3 is 11.9 Å². The van der Waals surface area contributed by atoms with Crippen LogP contribution in [0.4, 0.5) is 0 Å². The molecule has 0 spiro atoms. The van der Waals surface area contributed by atoms with Crippen LogP contribution in [0.1, 0.15) is 31.8 Å².